The maximum Gasteiger partial charge on any atom is 0.307 e. The first-order valence-electron chi connectivity index (χ1n) is 5.93. The Kier molecular flexibility index (Phi) is 7.34. The number of rotatable bonds is 8. The van der Waals surface area contributed by atoms with Crippen LogP contribution in [0.25, 0.3) is 0 Å². The zero-order valence-corrected chi connectivity index (χ0v) is 11.1. The number of methoxy groups -OCH3 is 1. The van der Waals surface area contributed by atoms with Gasteiger partial charge in [0.2, 0.25) is 0 Å². The van der Waals surface area contributed by atoms with Gasteiger partial charge in [0.1, 0.15) is 0 Å². The van der Waals surface area contributed by atoms with Crippen LogP contribution in [-0.2, 0) is 14.3 Å². The van der Waals surface area contributed by atoms with Crippen molar-refractivity contribution < 1.29 is 14.3 Å². The van der Waals surface area contributed by atoms with E-state index in [0.717, 1.165) is 13.0 Å². The molecule has 0 aromatic heterocycles. The van der Waals surface area contributed by atoms with Gasteiger partial charge in [0.05, 0.1) is 24.7 Å². The first kappa shape index (κ1) is 15.4. The van der Waals surface area contributed by atoms with Crippen LogP contribution in [0.4, 0.5) is 0 Å². The molecule has 0 bridgehead atoms. The lowest BCUT2D eigenvalue weighted by molar-refractivity contribution is -0.146. The lowest BCUT2D eigenvalue weighted by Crippen LogP contribution is -2.53. The summed E-state index contributed by atoms with van der Waals surface area (Å²) in [5.41, 5.74) is -0.364. The van der Waals surface area contributed by atoms with Gasteiger partial charge >= 0.3 is 5.97 Å². The molecule has 16 heavy (non-hydrogen) atoms. The molecule has 0 spiro atoms. The summed E-state index contributed by atoms with van der Waals surface area (Å²) >= 11 is 0. The normalized spacial score (nSPS) is 16.6. The van der Waals surface area contributed by atoms with Crippen molar-refractivity contribution in [3.63, 3.8) is 0 Å². The fourth-order valence-electron chi connectivity index (χ4n) is 1.53. The van der Waals surface area contributed by atoms with E-state index in [1.165, 1.54) is 0 Å². The van der Waals surface area contributed by atoms with Gasteiger partial charge in [-0.25, -0.2) is 0 Å². The highest BCUT2D eigenvalue weighted by atomic mass is 16.5. The fraction of sp³-hybridized carbons (Fsp3) is 0.917. The van der Waals surface area contributed by atoms with E-state index in [0.29, 0.717) is 13.0 Å². The van der Waals surface area contributed by atoms with Gasteiger partial charge in [0, 0.05) is 7.11 Å². The van der Waals surface area contributed by atoms with Crippen LogP contribution in [0.5, 0.6) is 0 Å². The smallest absolute Gasteiger partial charge is 0.307 e. The van der Waals surface area contributed by atoms with Crippen LogP contribution in [-0.4, -0.2) is 37.9 Å². The molecule has 0 amide bonds. The summed E-state index contributed by atoms with van der Waals surface area (Å²) in [5, 5.41) is 3.36. The molecule has 4 nitrogen and oxygen atoms in total. The molecular formula is C12H25NO3. The van der Waals surface area contributed by atoms with E-state index in [9.17, 15) is 4.79 Å². The van der Waals surface area contributed by atoms with Crippen molar-refractivity contribution >= 4 is 5.97 Å². The Bertz CT molecular complexity index is 208. The number of carbonyl (C=O) groups excluding carboxylic acids is 1. The Morgan fingerprint density at radius 2 is 2.06 bits per heavy atom. The first-order chi connectivity index (χ1) is 7.50. The van der Waals surface area contributed by atoms with Crippen molar-refractivity contribution in [1.82, 2.24) is 5.32 Å². The molecule has 0 saturated heterocycles. The quantitative estimate of drug-likeness (QED) is 0.646. The van der Waals surface area contributed by atoms with Crippen LogP contribution < -0.4 is 5.32 Å². The highest BCUT2D eigenvalue weighted by molar-refractivity contribution is 5.71. The van der Waals surface area contributed by atoms with Gasteiger partial charge in [-0.15, -0.1) is 0 Å². The summed E-state index contributed by atoms with van der Waals surface area (Å²) in [6.07, 6.45) is 1.31. The molecule has 0 heterocycles. The SMILES string of the molecule is CCCNC(C)(CC(=O)OCC)C(C)OC. The van der Waals surface area contributed by atoms with Crippen LogP contribution in [0.15, 0.2) is 0 Å². The largest absolute Gasteiger partial charge is 0.466 e. The minimum Gasteiger partial charge on any atom is -0.466 e. The van der Waals surface area contributed by atoms with Gasteiger partial charge in [-0.2, -0.15) is 0 Å². The summed E-state index contributed by atoms with van der Waals surface area (Å²) in [7, 11) is 1.65. The van der Waals surface area contributed by atoms with Crippen molar-refractivity contribution in [3.8, 4) is 0 Å². The molecule has 2 unspecified atom stereocenters. The predicted octanol–water partition coefficient (Wildman–Crippen LogP) is 1.73. The van der Waals surface area contributed by atoms with Crippen LogP contribution in [0, 0.1) is 0 Å². The van der Waals surface area contributed by atoms with Gasteiger partial charge in [-0.3, -0.25) is 4.79 Å². The molecule has 0 radical (unpaired) electrons. The van der Waals surface area contributed by atoms with Gasteiger partial charge in [-0.1, -0.05) is 6.92 Å². The highest BCUT2D eigenvalue weighted by Gasteiger charge is 2.33. The molecule has 0 rings (SSSR count). The van der Waals surface area contributed by atoms with Crippen LogP contribution >= 0.6 is 0 Å². The standard InChI is InChI=1S/C12H25NO3/c1-6-8-13-12(4,10(3)15-5)9-11(14)16-7-2/h10,13H,6-9H2,1-5H3. The minimum atomic E-state index is -0.364. The van der Waals surface area contributed by atoms with Crippen LogP contribution in [0.1, 0.15) is 40.5 Å². The number of carbonyl (C=O) groups is 1. The van der Waals surface area contributed by atoms with E-state index in [2.05, 4.69) is 12.2 Å². The first-order valence-corrected chi connectivity index (χ1v) is 5.93. The van der Waals surface area contributed by atoms with Crippen molar-refractivity contribution in [2.45, 2.75) is 52.2 Å². The summed E-state index contributed by atoms with van der Waals surface area (Å²) < 4.78 is 10.3. The number of hydrogen-bond acceptors (Lipinski definition) is 4. The van der Waals surface area contributed by atoms with Crippen molar-refractivity contribution in [1.29, 1.82) is 0 Å². The summed E-state index contributed by atoms with van der Waals surface area (Å²) in [6, 6.07) is 0. The Hall–Kier alpha value is -0.610. The van der Waals surface area contributed by atoms with Crippen LogP contribution in [0.2, 0.25) is 0 Å². The molecule has 0 aliphatic rings. The topological polar surface area (TPSA) is 47.6 Å². The monoisotopic (exact) mass is 231 g/mol. The number of esters is 1. The van der Waals surface area contributed by atoms with E-state index >= 15 is 0 Å². The van der Waals surface area contributed by atoms with E-state index < -0.39 is 0 Å². The zero-order chi connectivity index (χ0) is 12.6. The molecule has 0 aliphatic heterocycles. The van der Waals surface area contributed by atoms with Gasteiger partial charge in [-0.05, 0) is 33.7 Å². The molecule has 2 atom stereocenters. The third kappa shape index (κ3) is 4.94. The summed E-state index contributed by atoms with van der Waals surface area (Å²) in [6.45, 7) is 9.15. The Balaban J connectivity index is 4.45. The Morgan fingerprint density at radius 3 is 2.50 bits per heavy atom. The average molecular weight is 231 g/mol. The molecule has 0 aromatic carbocycles. The Labute approximate surface area is 98.7 Å². The fourth-order valence-corrected chi connectivity index (χ4v) is 1.53. The summed E-state index contributed by atoms with van der Waals surface area (Å²) in [5.74, 6) is -0.183. The second-order valence-corrected chi connectivity index (χ2v) is 4.20. The second-order valence-electron chi connectivity index (χ2n) is 4.20. The van der Waals surface area contributed by atoms with Crippen molar-refractivity contribution in [3.05, 3.63) is 0 Å². The maximum atomic E-state index is 11.5. The molecular weight excluding hydrogens is 206 g/mol. The minimum absolute atomic E-state index is 0.0385. The molecule has 96 valence electrons. The Morgan fingerprint density at radius 1 is 1.44 bits per heavy atom. The van der Waals surface area contributed by atoms with Crippen LogP contribution in [0.3, 0.4) is 0 Å². The predicted molar refractivity (Wildman–Crippen MR) is 64.4 cm³/mol. The molecule has 1 N–H and O–H groups in total. The molecule has 4 heteroatoms. The van der Waals surface area contributed by atoms with Gasteiger partial charge < -0.3 is 14.8 Å². The lowest BCUT2D eigenvalue weighted by atomic mass is 9.91. The number of ether oxygens (including phenoxy) is 2. The number of nitrogens with one attached hydrogen (secondary N) is 1. The molecule has 0 aromatic rings. The molecule has 0 fully saturated rings. The van der Waals surface area contributed by atoms with E-state index in [1.54, 1.807) is 7.11 Å². The highest BCUT2D eigenvalue weighted by Crippen LogP contribution is 2.18. The van der Waals surface area contributed by atoms with Crippen molar-refractivity contribution in [2.24, 2.45) is 0 Å². The average Bonchev–Trinajstić information content (AvgIpc) is 2.25. The third-order valence-electron chi connectivity index (χ3n) is 2.85. The van der Waals surface area contributed by atoms with E-state index in [4.69, 9.17) is 9.47 Å². The molecule has 0 saturated carbocycles. The molecule has 0 aliphatic carbocycles. The van der Waals surface area contributed by atoms with E-state index in [1.807, 2.05) is 20.8 Å². The van der Waals surface area contributed by atoms with Gasteiger partial charge in [0.15, 0.2) is 0 Å². The summed E-state index contributed by atoms with van der Waals surface area (Å²) in [4.78, 5) is 11.5. The maximum absolute atomic E-state index is 11.5. The third-order valence-corrected chi connectivity index (χ3v) is 2.85. The van der Waals surface area contributed by atoms with E-state index in [-0.39, 0.29) is 17.6 Å². The lowest BCUT2D eigenvalue weighted by Gasteiger charge is -2.35. The van der Waals surface area contributed by atoms with Gasteiger partial charge in [0.25, 0.3) is 0 Å². The van der Waals surface area contributed by atoms with Crippen molar-refractivity contribution in [2.75, 3.05) is 20.3 Å². The zero-order valence-electron chi connectivity index (χ0n) is 11.1. The second kappa shape index (κ2) is 7.63. The number of hydrogen-bond donors (Lipinski definition) is 1.